The molecule has 1 aromatic heterocycles. The molecule has 2 rings (SSSR count). The van der Waals surface area contributed by atoms with E-state index >= 15 is 0 Å². The number of aromatic amines is 1. The number of hydrogen-bond acceptors (Lipinski definition) is 4. The van der Waals surface area contributed by atoms with Gasteiger partial charge in [0.05, 0.1) is 18.0 Å². The molecule has 0 unspecified atom stereocenters. The Labute approximate surface area is 87.8 Å². The van der Waals surface area contributed by atoms with Gasteiger partial charge in [-0.15, -0.1) is 0 Å². The Morgan fingerprint density at radius 3 is 3.13 bits per heavy atom. The first-order chi connectivity index (χ1) is 7.15. The third-order valence-corrected chi connectivity index (χ3v) is 2.37. The molecule has 1 N–H and O–H groups in total. The van der Waals surface area contributed by atoms with E-state index in [0.717, 1.165) is 11.4 Å². The minimum absolute atomic E-state index is 0.0319. The number of hydrogen-bond donors (Lipinski definition) is 1. The average Bonchev–Trinajstić information content (AvgIpc) is 2.72. The Morgan fingerprint density at radius 2 is 2.53 bits per heavy atom. The van der Waals surface area contributed by atoms with E-state index < -0.39 is 0 Å². The maximum atomic E-state index is 10.7. The van der Waals surface area contributed by atoms with Gasteiger partial charge in [0.25, 0.3) is 0 Å². The highest BCUT2D eigenvalue weighted by atomic mass is 16.6. The zero-order valence-corrected chi connectivity index (χ0v) is 8.82. The number of esters is 1. The van der Waals surface area contributed by atoms with Crippen molar-refractivity contribution in [3.05, 3.63) is 17.5 Å². The molecule has 2 atom stereocenters. The van der Waals surface area contributed by atoms with Crippen LogP contribution in [0.3, 0.4) is 0 Å². The average molecular weight is 210 g/mol. The lowest BCUT2D eigenvalue weighted by Gasteiger charge is -2.07. The Bertz CT molecular complexity index is 361. The second-order valence-electron chi connectivity index (χ2n) is 3.75. The quantitative estimate of drug-likeness (QED) is 0.743. The van der Waals surface area contributed by atoms with Crippen LogP contribution in [-0.2, 0) is 14.3 Å². The molecule has 0 radical (unpaired) electrons. The molecule has 1 fully saturated rings. The SMILES string of the molecule is CC(=O)O[C@H]1CO[C@@H](c2cc(C)n[nH]2)C1. The largest absolute Gasteiger partial charge is 0.460 e. The molecule has 1 aromatic rings. The fourth-order valence-corrected chi connectivity index (χ4v) is 1.74. The van der Waals surface area contributed by atoms with Crippen molar-refractivity contribution in [2.24, 2.45) is 0 Å². The summed E-state index contributed by atoms with van der Waals surface area (Å²) in [6.07, 6.45) is 0.535. The molecular formula is C10H14N2O3. The van der Waals surface area contributed by atoms with Crippen molar-refractivity contribution in [1.29, 1.82) is 0 Å². The molecular weight excluding hydrogens is 196 g/mol. The van der Waals surface area contributed by atoms with Gasteiger partial charge < -0.3 is 9.47 Å². The van der Waals surface area contributed by atoms with Gasteiger partial charge in [-0.05, 0) is 13.0 Å². The van der Waals surface area contributed by atoms with Crippen molar-refractivity contribution < 1.29 is 14.3 Å². The van der Waals surface area contributed by atoms with Crippen molar-refractivity contribution >= 4 is 5.97 Å². The first-order valence-corrected chi connectivity index (χ1v) is 4.96. The highest BCUT2D eigenvalue weighted by Gasteiger charge is 2.29. The van der Waals surface area contributed by atoms with Gasteiger partial charge in [0.2, 0.25) is 0 Å². The number of carbonyl (C=O) groups is 1. The summed E-state index contributed by atoms with van der Waals surface area (Å²) in [6.45, 7) is 3.79. The predicted octanol–water partition coefficient (Wildman–Crippen LogP) is 1.11. The lowest BCUT2D eigenvalue weighted by Crippen LogP contribution is -2.15. The summed E-state index contributed by atoms with van der Waals surface area (Å²) in [5.41, 5.74) is 1.88. The Morgan fingerprint density at radius 1 is 1.73 bits per heavy atom. The number of nitrogens with zero attached hydrogens (tertiary/aromatic N) is 1. The summed E-state index contributed by atoms with van der Waals surface area (Å²) < 4.78 is 10.6. The Hall–Kier alpha value is -1.36. The van der Waals surface area contributed by atoms with Crippen molar-refractivity contribution in [3.8, 4) is 0 Å². The fraction of sp³-hybridized carbons (Fsp3) is 0.600. The molecule has 5 heteroatoms. The normalized spacial score (nSPS) is 25.5. The van der Waals surface area contributed by atoms with E-state index in [1.54, 1.807) is 0 Å². The van der Waals surface area contributed by atoms with Crippen LogP contribution in [0.15, 0.2) is 6.07 Å². The van der Waals surface area contributed by atoms with Crippen LogP contribution in [0.4, 0.5) is 0 Å². The van der Waals surface area contributed by atoms with Crippen LogP contribution in [0.1, 0.15) is 30.8 Å². The van der Waals surface area contributed by atoms with Gasteiger partial charge in [-0.25, -0.2) is 0 Å². The van der Waals surface area contributed by atoms with E-state index in [-0.39, 0.29) is 18.2 Å². The Kier molecular flexibility index (Phi) is 2.73. The molecule has 1 aliphatic heterocycles. The minimum atomic E-state index is -0.259. The number of ether oxygens (including phenoxy) is 2. The number of carbonyl (C=O) groups excluding carboxylic acids is 1. The maximum Gasteiger partial charge on any atom is 0.302 e. The summed E-state index contributed by atoms with van der Waals surface area (Å²) in [4.78, 5) is 10.7. The van der Waals surface area contributed by atoms with E-state index in [1.807, 2.05) is 13.0 Å². The second-order valence-corrected chi connectivity index (χ2v) is 3.75. The maximum absolute atomic E-state index is 10.7. The number of aromatic nitrogens is 2. The van der Waals surface area contributed by atoms with Crippen LogP contribution in [0.25, 0.3) is 0 Å². The van der Waals surface area contributed by atoms with Gasteiger partial charge >= 0.3 is 5.97 Å². The molecule has 1 saturated heterocycles. The van der Waals surface area contributed by atoms with E-state index in [4.69, 9.17) is 9.47 Å². The van der Waals surface area contributed by atoms with Gasteiger partial charge in [-0.3, -0.25) is 9.89 Å². The topological polar surface area (TPSA) is 64.2 Å². The second kappa shape index (κ2) is 4.02. The first kappa shape index (κ1) is 10.2. The van der Waals surface area contributed by atoms with Gasteiger partial charge in [-0.2, -0.15) is 5.10 Å². The number of H-pyrrole nitrogens is 1. The van der Waals surface area contributed by atoms with Crippen molar-refractivity contribution in [2.75, 3.05) is 6.61 Å². The van der Waals surface area contributed by atoms with Gasteiger partial charge in [0.1, 0.15) is 12.2 Å². The van der Waals surface area contributed by atoms with Gasteiger partial charge in [0, 0.05) is 13.3 Å². The van der Waals surface area contributed by atoms with E-state index in [0.29, 0.717) is 13.0 Å². The summed E-state index contributed by atoms with van der Waals surface area (Å²) in [6, 6.07) is 1.95. The fourth-order valence-electron chi connectivity index (χ4n) is 1.74. The van der Waals surface area contributed by atoms with Gasteiger partial charge in [0.15, 0.2) is 0 Å². The van der Waals surface area contributed by atoms with Crippen molar-refractivity contribution in [3.63, 3.8) is 0 Å². The summed E-state index contributed by atoms with van der Waals surface area (Å²) in [5.74, 6) is -0.259. The van der Waals surface area contributed by atoms with Crippen LogP contribution in [0.2, 0.25) is 0 Å². The Balaban J connectivity index is 1.95. The molecule has 0 amide bonds. The van der Waals surface area contributed by atoms with E-state index in [1.165, 1.54) is 6.92 Å². The zero-order chi connectivity index (χ0) is 10.8. The van der Waals surface area contributed by atoms with Crippen LogP contribution in [-0.4, -0.2) is 28.9 Å². The zero-order valence-electron chi connectivity index (χ0n) is 8.82. The molecule has 0 bridgehead atoms. The molecule has 0 aromatic carbocycles. The molecule has 1 aliphatic rings. The minimum Gasteiger partial charge on any atom is -0.460 e. The number of aryl methyl sites for hydroxylation is 1. The monoisotopic (exact) mass is 210 g/mol. The first-order valence-electron chi connectivity index (χ1n) is 4.96. The van der Waals surface area contributed by atoms with Crippen LogP contribution >= 0.6 is 0 Å². The third kappa shape index (κ3) is 2.36. The molecule has 82 valence electrons. The van der Waals surface area contributed by atoms with Crippen molar-refractivity contribution in [1.82, 2.24) is 10.2 Å². The molecule has 2 heterocycles. The molecule has 5 nitrogen and oxygen atoms in total. The number of nitrogens with one attached hydrogen (secondary N) is 1. The molecule has 15 heavy (non-hydrogen) atoms. The lowest BCUT2D eigenvalue weighted by atomic mass is 10.1. The summed E-state index contributed by atoms with van der Waals surface area (Å²) in [7, 11) is 0. The highest BCUT2D eigenvalue weighted by molar-refractivity contribution is 5.66. The molecule has 0 aliphatic carbocycles. The van der Waals surface area contributed by atoms with Crippen LogP contribution in [0.5, 0.6) is 0 Å². The third-order valence-electron chi connectivity index (χ3n) is 2.37. The van der Waals surface area contributed by atoms with Crippen LogP contribution < -0.4 is 0 Å². The van der Waals surface area contributed by atoms with E-state index in [2.05, 4.69) is 10.2 Å². The van der Waals surface area contributed by atoms with E-state index in [9.17, 15) is 4.79 Å². The lowest BCUT2D eigenvalue weighted by molar-refractivity contribution is -0.146. The summed E-state index contributed by atoms with van der Waals surface area (Å²) >= 11 is 0. The summed E-state index contributed by atoms with van der Waals surface area (Å²) in [5, 5.41) is 6.94. The predicted molar refractivity (Wildman–Crippen MR) is 52.2 cm³/mol. The molecule has 0 saturated carbocycles. The number of rotatable bonds is 2. The van der Waals surface area contributed by atoms with Crippen molar-refractivity contribution in [2.45, 2.75) is 32.5 Å². The highest BCUT2D eigenvalue weighted by Crippen LogP contribution is 2.29. The van der Waals surface area contributed by atoms with Crippen LogP contribution in [0, 0.1) is 6.92 Å². The van der Waals surface area contributed by atoms with Gasteiger partial charge in [-0.1, -0.05) is 0 Å². The smallest absolute Gasteiger partial charge is 0.302 e. The standard InChI is InChI=1S/C10H14N2O3/c1-6-3-9(12-11-6)10-4-8(5-14-10)15-7(2)13/h3,8,10H,4-5H2,1-2H3,(H,11,12)/t8-,10-/m1/s1. The molecule has 0 spiro atoms.